The van der Waals surface area contributed by atoms with Crippen LogP contribution < -0.4 is 5.63 Å². The lowest BCUT2D eigenvalue weighted by Gasteiger charge is -2.00. The van der Waals surface area contributed by atoms with Gasteiger partial charge in [-0.3, -0.25) is 0 Å². The van der Waals surface area contributed by atoms with Crippen LogP contribution in [0.4, 0.5) is 0 Å². The molecule has 1 rings (SSSR count). The Morgan fingerprint density at radius 3 is 2.69 bits per heavy atom. The third kappa shape index (κ3) is 3.05. The van der Waals surface area contributed by atoms with Gasteiger partial charge in [-0.05, 0) is 24.5 Å². The van der Waals surface area contributed by atoms with Crippen molar-refractivity contribution in [2.45, 2.75) is 39.5 Å². The molecule has 1 aromatic rings. The lowest BCUT2D eigenvalue weighted by Crippen LogP contribution is -2.02. The van der Waals surface area contributed by atoms with Crippen LogP contribution in [0.3, 0.4) is 0 Å². The fraction of sp³-hybridized carbons (Fsp3) is 0.545. The van der Waals surface area contributed by atoms with E-state index in [1.165, 1.54) is 0 Å². The maximum absolute atomic E-state index is 11.1. The zero-order valence-corrected chi connectivity index (χ0v) is 8.30. The summed E-state index contributed by atoms with van der Waals surface area (Å²) in [7, 11) is 0. The Morgan fingerprint density at radius 2 is 2.08 bits per heavy atom. The van der Waals surface area contributed by atoms with Gasteiger partial charge in [-0.25, -0.2) is 4.79 Å². The summed E-state index contributed by atoms with van der Waals surface area (Å²) in [6, 6.07) is 3.55. The molecule has 0 N–H and O–H groups in total. The van der Waals surface area contributed by atoms with Gasteiger partial charge in [0, 0.05) is 12.5 Å². The second kappa shape index (κ2) is 4.85. The van der Waals surface area contributed by atoms with Crippen molar-refractivity contribution in [1.29, 1.82) is 0 Å². The minimum absolute atomic E-state index is 0.217. The van der Waals surface area contributed by atoms with Crippen molar-refractivity contribution in [2.75, 3.05) is 0 Å². The lowest BCUT2D eigenvalue weighted by atomic mass is 10.1. The summed E-state index contributed by atoms with van der Waals surface area (Å²) in [5.41, 5.74) is 0.854. The molecule has 0 aliphatic carbocycles. The van der Waals surface area contributed by atoms with Crippen LogP contribution in [0.5, 0.6) is 0 Å². The van der Waals surface area contributed by atoms with Gasteiger partial charge in [-0.1, -0.05) is 20.3 Å². The summed E-state index contributed by atoms with van der Waals surface area (Å²) in [4.78, 5) is 11.1. The van der Waals surface area contributed by atoms with E-state index in [2.05, 4.69) is 6.92 Å². The van der Waals surface area contributed by atoms with Crippen LogP contribution in [0.15, 0.2) is 21.3 Å². The van der Waals surface area contributed by atoms with Crippen molar-refractivity contribution in [3.8, 4) is 0 Å². The first-order chi connectivity index (χ1) is 6.26. The minimum Gasteiger partial charge on any atom is -0.428 e. The number of hydrogen-bond acceptors (Lipinski definition) is 2. The zero-order chi connectivity index (χ0) is 9.68. The highest BCUT2D eigenvalue weighted by Crippen LogP contribution is 2.06. The number of hydrogen-bond donors (Lipinski definition) is 0. The van der Waals surface area contributed by atoms with Crippen molar-refractivity contribution in [2.24, 2.45) is 0 Å². The number of aryl methyl sites for hydroxylation is 2. The molecular formula is C11H16O2. The van der Waals surface area contributed by atoms with E-state index in [0.717, 1.165) is 37.0 Å². The van der Waals surface area contributed by atoms with Crippen molar-refractivity contribution in [3.05, 3.63) is 33.9 Å². The first-order valence-electron chi connectivity index (χ1n) is 4.89. The van der Waals surface area contributed by atoms with Crippen LogP contribution in [-0.2, 0) is 12.8 Å². The molecule has 2 heteroatoms. The van der Waals surface area contributed by atoms with E-state index in [9.17, 15) is 4.79 Å². The monoisotopic (exact) mass is 180 g/mol. The maximum Gasteiger partial charge on any atom is 0.336 e. The molecule has 0 fully saturated rings. The van der Waals surface area contributed by atoms with Gasteiger partial charge in [0.05, 0.1) is 0 Å². The number of rotatable bonds is 4. The van der Waals surface area contributed by atoms with Gasteiger partial charge in [0.2, 0.25) is 0 Å². The summed E-state index contributed by atoms with van der Waals surface area (Å²) in [5, 5.41) is 0. The SMILES string of the molecule is CCCCc1cc(CC)cc(=O)o1. The van der Waals surface area contributed by atoms with Gasteiger partial charge < -0.3 is 4.42 Å². The normalized spacial score (nSPS) is 10.3. The van der Waals surface area contributed by atoms with E-state index in [4.69, 9.17) is 4.42 Å². The van der Waals surface area contributed by atoms with Gasteiger partial charge in [-0.2, -0.15) is 0 Å². The van der Waals surface area contributed by atoms with E-state index >= 15 is 0 Å². The summed E-state index contributed by atoms with van der Waals surface area (Å²) in [6.07, 6.45) is 3.97. The third-order valence-electron chi connectivity index (χ3n) is 2.07. The van der Waals surface area contributed by atoms with Crippen LogP contribution in [0, 0.1) is 0 Å². The Hall–Kier alpha value is -1.05. The highest BCUT2D eigenvalue weighted by Gasteiger charge is 1.99. The van der Waals surface area contributed by atoms with Crippen LogP contribution in [-0.4, -0.2) is 0 Å². The molecule has 0 aromatic carbocycles. The molecule has 0 spiro atoms. The van der Waals surface area contributed by atoms with E-state index in [0.29, 0.717) is 0 Å². The van der Waals surface area contributed by atoms with Gasteiger partial charge in [0.1, 0.15) is 5.76 Å². The summed E-state index contributed by atoms with van der Waals surface area (Å²) < 4.78 is 5.07. The molecule has 2 nitrogen and oxygen atoms in total. The molecule has 0 bridgehead atoms. The maximum atomic E-state index is 11.1. The molecule has 1 aromatic heterocycles. The summed E-state index contributed by atoms with van der Waals surface area (Å²) in [5.74, 6) is 0.825. The molecular weight excluding hydrogens is 164 g/mol. The van der Waals surface area contributed by atoms with Crippen LogP contribution in [0.1, 0.15) is 38.0 Å². The summed E-state index contributed by atoms with van der Waals surface area (Å²) in [6.45, 7) is 4.17. The second-order valence-electron chi connectivity index (χ2n) is 3.21. The highest BCUT2D eigenvalue weighted by molar-refractivity contribution is 5.13. The molecule has 0 atom stereocenters. The molecule has 1 heterocycles. The van der Waals surface area contributed by atoms with E-state index < -0.39 is 0 Å². The minimum atomic E-state index is -0.217. The van der Waals surface area contributed by atoms with E-state index in [1.54, 1.807) is 6.07 Å². The molecule has 0 amide bonds. The van der Waals surface area contributed by atoms with Crippen molar-refractivity contribution < 1.29 is 4.42 Å². The summed E-state index contributed by atoms with van der Waals surface area (Å²) >= 11 is 0. The topological polar surface area (TPSA) is 30.2 Å². The molecule has 0 saturated heterocycles. The lowest BCUT2D eigenvalue weighted by molar-refractivity contribution is 0.451. The fourth-order valence-electron chi connectivity index (χ4n) is 1.27. The van der Waals surface area contributed by atoms with Crippen LogP contribution >= 0.6 is 0 Å². The second-order valence-corrected chi connectivity index (χ2v) is 3.21. The van der Waals surface area contributed by atoms with Gasteiger partial charge in [0.25, 0.3) is 0 Å². The Bertz CT molecular complexity index is 312. The highest BCUT2D eigenvalue weighted by atomic mass is 16.4. The molecule has 13 heavy (non-hydrogen) atoms. The van der Waals surface area contributed by atoms with E-state index in [1.807, 2.05) is 13.0 Å². The first kappa shape index (κ1) is 10.0. The Balaban J connectivity index is 2.82. The Labute approximate surface area is 78.6 Å². The fourth-order valence-corrected chi connectivity index (χ4v) is 1.27. The van der Waals surface area contributed by atoms with Crippen molar-refractivity contribution in [1.82, 2.24) is 0 Å². The average molecular weight is 180 g/mol. The largest absolute Gasteiger partial charge is 0.428 e. The Kier molecular flexibility index (Phi) is 3.74. The first-order valence-corrected chi connectivity index (χ1v) is 4.89. The smallest absolute Gasteiger partial charge is 0.336 e. The quantitative estimate of drug-likeness (QED) is 0.712. The molecule has 0 unspecified atom stereocenters. The molecule has 72 valence electrons. The molecule has 0 aliphatic rings. The zero-order valence-electron chi connectivity index (χ0n) is 8.30. The van der Waals surface area contributed by atoms with Crippen molar-refractivity contribution in [3.63, 3.8) is 0 Å². The standard InChI is InChI=1S/C11H16O2/c1-3-5-6-10-7-9(4-2)8-11(12)13-10/h7-8H,3-6H2,1-2H3. The van der Waals surface area contributed by atoms with Crippen molar-refractivity contribution >= 4 is 0 Å². The van der Waals surface area contributed by atoms with Gasteiger partial charge in [0.15, 0.2) is 0 Å². The number of unbranched alkanes of at least 4 members (excludes halogenated alkanes) is 1. The predicted molar refractivity (Wildman–Crippen MR) is 53.0 cm³/mol. The third-order valence-corrected chi connectivity index (χ3v) is 2.07. The van der Waals surface area contributed by atoms with E-state index in [-0.39, 0.29) is 5.63 Å². The molecule has 0 aliphatic heterocycles. The molecule has 0 saturated carbocycles. The average Bonchev–Trinajstić information content (AvgIpc) is 2.14. The van der Waals surface area contributed by atoms with Crippen LogP contribution in [0.2, 0.25) is 0 Å². The Morgan fingerprint density at radius 1 is 1.31 bits per heavy atom. The molecule has 0 radical (unpaired) electrons. The van der Waals surface area contributed by atoms with Gasteiger partial charge >= 0.3 is 5.63 Å². The predicted octanol–water partition coefficient (Wildman–Crippen LogP) is 2.54. The van der Waals surface area contributed by atoms with Crippen LogP contribution in [0.25, 0.3) is 0 Å². The van der Waals surface area contributed by atoms with Gasteiger partial charge in [-0.15, -0.1) is 0 Å².